The quantitative estimate of drug-likeness (QED) is 0.498. The van der Waals surface area contributed by atoms with Crippen molar-refractivity contribution in [3.05, 3.63) is 28.6 Å². The van der Waals surface area contributed by atoms with E-state index in [1.165, 1.54) is 11.9 Å². The number of urea groups is 1. The van der Waals surface area contributed by atoms with Crippen molar-refractivity contribution in [2.45, 2.75) is 63.2 Å². The first-order chi connectivity index (χ1) is 17.2. The van der Waals surface area contributed by atoms with E-state index in [0.717, 1.165) is 65.5 Å². The van der Waals surface area contributed by atoms with Crippen molar-refractivity contribution >= 4 is 46.1 Å². The van der Waals surface area contributed by atoms with Gasteiger partial charge in [0.25, 0.3) is 0 Å². The number of benzene rings is 1. The molecule has 1 saturated heterocycles. The molecule has 1 aromatic heterocycles. The van der Waals surface area contributed by atoms with Crippen LogP contribution in [0.5, 0.6) is 11.5 Å². The number of piperidine rings is 1. The van der Waals surface area contributed by atoms with Gasteiger partial charge in [0.05, 0.1) is 6.33 Å². The van der Waals surface area contributed by atoms with Gasteiger partial charge >= 0.3 is 6.03 Å². The first-order valence-corrected chi connectivity index (χ1v) is 13.7. The molecule has 3 aliphatic heterocycles. The Morgan fingerprint density at radius 3 is 2.86 bits per heavy atom. The molecule has 1 aromatic carbocycles. The predicted molar refractivity (Wildman–Crippen MR) is 142 cm³/mol. The summed E-state index contributed by atoms with van der Waals surface area (Å²) in [5.41, 5.74) is 7.08. The van der Waals surface area contributed by atoms with E-state index in [0.29, 0.717) is 11.7 Å². The molecule has 5 rings (SSSR count). The minimum Gasteiger partial charge on any atom is -0.454 e. The van der Waals surface area contributed by atoms with Crippen LogP contribution in [0, 0.1) is 5.92 Å². The summed E-state index contributed by atoms with van der Waals surface area (Å²) in [5.74, 6) is 2.67. The zero-order valence-electron chi connectivity index (χ0n) is 20.7. The fraction of sp³-hybridized carbons (Fsp3) is 0.542. The summed E-state index contributed by atoms with van der Waals surface area (Å²) in [7, 11) is 0. The zero-order valence-corrected chi connectivity index (χ0v) is 23.1. The van der Waals surface area contributed by atoms with Crippen LogP contribution in [0.2, 0.25) is 0 Å². The molecule has 194 valence electrons. The highest BCUT2D eigenvalue weighted by molar-refractivity contribution is 9.10. The second kappa shape index (κ2) is 10.1. The average Bonchev–Trinajstić information content (AvgIpc) is 3.45. The van der Waals surface area contributed by atoms with Gasteiger partial charge in [-0.05, 0) is 79.9 Å². The van der Waals surface area contributed by atoms with Crippen molar-refractivity contribution in [2.75, 3.05) is 19.9 Å². The maximum absolute atomic E-state index is 12.6. The molecule has 10 nitrogen and oxygen atoms in total. The molecular formula is C24H32BrN7O3S. The van der Waals surface area contributed by atoms with E-state index in [4.69, 9.17) is 15.2 Å². The number of amides is 2. The van der Waals surface area contributed by atoms with Gasteiger partial charge in [0.2, 0.25) is 6.79 Å². The van der Waals surface area contributed by atoms with Gasteiger partial charge in [0.15, 0.2) is 17.3 Å². The van der Waals surface area contributed by atoms with Gasteiger partial charge in [0, 0.05) is 40.6 Å². The number of fused-ring (bicyclic) bond motifs is 2. The van der Waals surface area contributed by atoms with Crippen molar-refractivity contribution in [2.24, 2.45) is 16.6 Å². The summed E-state index contributed by atoms with van der Waals surface area (Å²) in [6.07, 6.45) is 6.23. The number of carbonyl (C=O) groups is 1. The number of aryl methyl sites for hydroxylation is 1. The van der Waals surface area contributed by atoms with Crippen LogP contribution in [0.1, 0.15) is 51.9 Å². The number of imidazole rings is 1. The maximum Gasteiger partial charge on any atom is 0.317 e. The smallest absolute Gasteiger partial charge is 0.317 e. The SMILES string of the molecule is CC(C)(C)NC(=O)N1CCCC(CCn2cnc3c2N=CN(Sc2cc4c(cc2Br)OCO4)C3N)C1. The molecule has 12 heteroatoms. The second-order valence-corrected chi connectivity index (χ2v) is 12.2. The minimum absolute atomic E-state index is 0.0227. The van der Waals surface area contributed by atoms with Crippen LogP contribution in [0.3, 0.4) is 0 Å². The van der Waals surface area contributed by atoms with E-state index in [9.17, 15) is 4.79 Å². The number of nitrogens with zero attached hydrogens (tertiary/aromatic N) is 5. The number of aromatic nitrogens is 2. The molecule has 3 aliphatic rings. The van der Waals surface area contributed by atoms with Gasteiger partial charge in [-0.1, -0.05) is 0 Å². The van der Waals surface area contributed by atoms with Crippen LogP contribution in [-0.2, 0) is 6.54 Å². The van der Waals surface area contributed by atoms with Crippen molar-refractivity contribution in [3.63, 3.8) is 0 Å². The highest BCUT2D eigenvalue weighted by Gasteiger charge is 2.29. The van der Waals surface area contributed by atoms with Gasteiger partial charge in [0.1, 0.15) is 18.2 Å². The third-order valence-corrected chi connectivity index (χ3v) is 8.37. The highest BCUT2D eigenvalue weighted by atomic mass is 79.9. The Bertz CT molecular complexity index is 1170. The third kappa shape index (κ3) is 5.45. The Morgan fingerprint density at radius 2 is 2.08 bits per heavy atom. The summed E-state index contributed by atoms with van der Waals surface area (Å²) < 4.78 is 15.8. The highest BCUT2D eigenvalue weighted by Crippen LogP contribution is 2.43. The first kappa shape index (κ1) is 25.2. The average molecular weight is 579 g/mol. The van der Waals surface area contributed by atoms with Gasteiger partial charge in [-0.25, -0.2) is 14.8 Å². The lowest BCUT2D eigenvalue weighted by molar-refractivity contribution is 0.154. The molecule has 0 saturated carbocycles. The molecular weight excluding hydrogens is 546 g/mol. The van der Waals surface area contributed by atoms with Crippen molar-refractivity contribution in [3.8, 4) is 11.5 Å². The normalized spacial score (nSPS) is 21.0. The molecule has 36 heavy (non-hydrogen) atoms. The largest absolute Gasteiger partial charge is 0.454 e. The maximum atomic E-state index is 12.6. The molecule has 2 amide bonds. The summed E-state index contributed by atoms with van der Waals surface area (Å²) in [5, 5.41) is 3.08. The van der Waals surface area contributed by atoms with Crippen LogP contribution in [0.4, 0.5) is 10.6 Å². The Balaban J connectivity index is 1.20. The number of hydrogen-bond acceptors (Lipinski definition) is 8. The standard InChI is InChI=1S/C24H32BrN7O3S/c1-24(2,3)29-23(33)30-7-4-5-15(11-30)6-8-31-12-27-20-21(26)32(13-28-22(20)31)36-19-10-18-17(9-16(19)25)34-14-35-18/h9-10,12-13,15,21H,4-8,11,14,26H2,1-3H3,(H,29,33). The number of halogens is 1. The van der Waals surface area contributed by atoms with Crippen LogP contribution < -0.4 is 20.5 Å². The Hall–Kier alpha value is -2.44. The molecule has 4 heterocycles. The lowest BCUT2D eigenvalue weighted by Crippen LogP contribution is -2.51. The van der Waals surface area contributed by atoms with E-state index in [-0.39, 0.29) is 18.4 Å². The molecule has 3 N–H and O–H groups in total. The van der Waals surface area contributed by atoms with Gasteiger partial charge in [-0.15, -0.1) is 0 Å². The summed E-state index contributed by atoms with van der Waals surface area (Å²) >= 11 is 5.07. The second-order valence-electron chi connectivity index (χ2n) is 10.3. The van der Waals surface area contributed by atoms with E-state index < -0.39 is 6.17 Å². The lowest BCUT2D eigenvalue weighted by Gasteiger charge is -2.35. The van der Waals surface area contributed by atoms with Crippen LogP contribution >= 0.6 is 27.9 Å². The van der Waals surface area contributed by atoms with Gasteiger partial charge in [-0.2, -0.15) is 0 Å². The summed E-state index contributed by atoms with van der Waals surface area (Å²) in [6, 6.07) is 3.85. The number of likely N-dealkylation sites (tertiary alicyclic amines) is 1. The summed E-state index contributed by atoms with van der Waals surface area (Å²) in [6.45, 7) is 8.62. The molecule has 0 bridgehead atoms. The topological polar surface area (TPSA) is 110 Å². The number of nitrogens with one attached hydrogen (secondary N) is 1. The molecule has 2 atom stereocenters. The third-order valence-electron chi connectivity index (χ3n) is 6.38. The monoisotopic (exact) mass is 577 g/mol. The molecule has 0 aliphatic carbocycles. The number of nitrogens with two attached hydrogens (primary N) is 1. The minimum atomic E-state index is -0.438. The fourth-order valence-corrected chi connectivity index (χ4v) is 5.96. The van der Waals surface area contributed by atoms with Crippen LogP contribution in [0.25, 0.3) is 0 Å². The molecule has 1 fully saturated rings. The predicted octanol–water partition coefficient (Wildman–Crippen LogP) is 4.62. The molecule has 2 aromatic rings. The number of rotatable bonds is 5. The van der Waals surface area contributed by atoms with Crippen LogP contribution in [0.15, 0.2) is 32.8 Å². The van der Waals surface area contributed by atoms with Crippen molar-refractivity contribution in [1.29, 1.82) is 0 Å². The molecule has 0 radical (unpaired) electrons. The molecule has 0 spiro atoms. The Morgan fingerprint density at radius 1 is 1.31 bits per heavy atom. The van der Waals surface area contributed by atoms with Gasteiger partial charge in [-0.3, -0.25) is 4.31 Å². The fourth-order valence-electron chi connectivity index (χ4n) is 4.58. The van der Waals surface area contributed by atoms with E-state index in [1.54, 1.807) is 6.34 Å². The molecule has 2 unspecified atom stereocenters. The summed E-state index contributed by atoms with van der Waals surface area (Å²) in [4.78, 5) is 24.8. The Kier molecular flexibility index (Phi) is 7.10. The van der Waals surface area contributed by atoms with E-state index >= 15 is 0 Å². The number of carbonyl (C=O) groups excluding carboxylic acids is 1. The number of aliphatic imine (C=N–C) groups is 1. The lowest BCUT2D eigenvalue weighted by atomic mass is 9.95. The zero-order chi connectivity index (χ0) is 25.4. The van der Waals surface area contributed by atoms with E-state index in [1.807, 2.05) is 48.4 Å². The number of hydrogen-bond donors (Lipinski definition) is 2. The first-order valence-electron chi connectivity index (χ1n) is 12.2. The number of ether oxygens (including phenoxy) is 2. The van der Waals surface area contributed by atoms with Crippen molar-refractivity contribution in [1.82, 2.24) is 24.1 Å². The van der Waals surface area contributed by atoms with Crippen LogP contribution in [-0.4, -0.2) is 56.5 Å². The van der Waals surface area contributed by atoms with Gasteiger partial charge < -0.3 is 30.0 Å². The van der Waals surface area contributed by atoms with E-state index in [2.05, 4.69) is 35.8 Å². The van der Waals surface area contributed by atoms with Crippen molar-refractivity contribution < 1.29 is 14.3 Å². The Labute approximate surface area is 223 Å².